The van der Waals surface area contributed by atoms with Crippen LogP contribution < -0.4 is 15.4 Å². The van der Waals surface area contributed by atoms with E-state index in [9.17, 15) is 18.6 Å². The summed E-state index contributed by atoms with van der Waals surface area (Å²) >= 11 is 0. The Morgan fingerprint density at radius 2 is 2.12 bits per heavy atom. The molecule has 1 fully saturated rings. The van der Waals surface area contributed by atoms with E-state index < -0.39 is 19.9 Å². The minimum atomic E-state index is -4.04. The molecular formula is C27H31FN7O6P. The van der Waals surface area contributed by atoms with Crippen molar-refractivity contribution in [1.29, 1.82) is 0 Å². The van der Waals surface area contributed by atoms with E-state index >= 15 is 0 Å². The summed E-state index contributed by atoms with van der Waals surface area (Å²) in [6.07, 6.45) is 3.24. The van der Waals surface area contributed by atoms with Crippen LogP contribution in [-0.4, -0.2) is 68.9 Å². The first-order valence-corrected chi connectivity index (χ1v) is 14.8. The smallest absolute Gasteiger partial charge is 0.473 e. The van der Waals surface area contributed by atoms with E-state index in [1.165, 1.54) is 24.5 Å². The summed E-state index contributed by atoms with van der Waals surface area (Å²) in [5, 5.41) is 13.6. The first-order chi connectivity index (χ1) is 20.3. The quantitative estimate of drug-likeness (QED) is 0.127. The molecule has 15 heteroatoms. The van der Waals surface area contributed by atoms with Gasteiger partial charge in [0.15, 0.2) is 5.82 Å². The number of amides is 1. The number of aromatic amines is 1. The number of ether oxygens (including phenoxy) is 1. The van der Waals surface area contributed by atoms with E-state index in [1.807, 2.05) is 23.1 Å². The fourth-order valence-corrected chi connectivity index (χ4v) is 5.27. The molecule has 1 unspecified atom stereocenters. The number of nitrogens with one attached hydrogen (secondary N) is 3. The monoisotopic (exact) mass is 599 g/mol. The maximum absolute atomic E-state index is 13.4. The number of likely N-dealkylation sites (tertiary alicyclic amines) is 1. The van der Waals surface area contributed by atoms with Crippen LogP contribution in [-0.2, 0) is 24.8 Å². The number of phosphoric acid groups is 1. The molecule has 2 aromatic carbocycles. The summed E-state index contributed by atoms with van der Waals surface area (Å²) in [6.45, 7) is 1.86. The van der Waals surface area contributed by atoms with Crippen molar-refractivity contribution in [3.8, 4) is 5.75 Å². The Morgan fingerprint density at radius 1 is 1.24 bits per heavy atom. The molecule has 1 aliphatic heterocycles. The summed E-state index contributed by atoms with van der Waals surface area (Å²) in [5.41, 5.74) is 1.61. The number of H-pyrrole nitrogens is 1. The third-order valence-electron chi connectivity index (χ3n) is 6.59. The predicted octanol–water partition coefficient (Wildman–Crippen LogP) is 4.37. The second-order valence-corrected chi connectivity index (χ2v) is 11.1. The Balaban J connectivity index is 1.13. The zero-order chi connectivity index (χ0) is 29.5. The molecule has 1 aliphatic rings. The zero-order valence-electron chi connectivity index (χ0n) is 22.8. The molecule has 13 nitrogen and oxygen atoms in total. The molecule has 2 aromatic heterocycles. The largest absolute Gasteiger partial charge is 0.493 e. The number of nitrogens with zero attached hydrogens (tertiary/aromatic N) is 4. The summed E-state index contributed by atoms with van der Waals surface area (Å²) in [5.74, 6) is 0.903. The lowest BCUT2D eigenvalue weighted by Gasteiger charge is -2.25. The van der Waals surface area contributed by atoms with Crippen LogP contribution in [0, 0.1) is 5.82 Å². The molecule has 1 saturated heterocycles. The first-order valence-electron chi connectivity index (χ1n) is 13.3. The van der Waals surface area contributed by atoms with E-state index in [1.54, 1.807) is 12.1 Å². The van der Waals surface area contributed by atoms with Gasteiger partial charge in [-0.1, -0.05) is 6.07 Å². The molecule has 3 heterocycles. The molecule has 0 bridgehead atoms. The van der Waals surface area contributed by atoms with Crippen molar-refractivity contribution >= 4 is 42.0 Å². The van der Waals surface area contributed by atoms with Gasteiger partial charge in [0.2, 0.25) is 5.91 Å². The number of carbonyl (C=O) groups excluding carboxylic acids is 1. The average Bonchev–Trinajstić information content (AvgIpc) is 3.59. The minimum absolute atomic E-state index is 0.0250. The Labute approximate surface area is 241 Å². The van der Waals surface area contributed by atoms with Gasteiger partial charge in [-0.3, -0.25) is 23.8 Å². The van der Waals surface area contributed by atoms with Gasteiger partial charge in [0.25, 0.3) is 0 Å². The molecule has 222 valence electrons. The van der Waals surface area contributed by atoms with Crippen LogP contribution in [0.15, 0.2) is 54.9 Å². The fourth-order valence-electron chi connectivity index (χ4n) is 4.63. The van der Waals surface area contributed by atoms with Crippen molar-refractivity contribution in [3.05, 3.63) is 66.4 Å². The van der Waals surface area contributed by atoms with Crippen LogP contribution in [0.3, 0.4) is 0 Å². The van der Waals surface area contributed by atoms with Gasteiger partial charge in [-0.05, 0) is 49.6 Å². The molecule has 0 spiro atoms. The van der Waals surface area contributed by atoms with Crippen LogP contribution >= 0.6 is 7.82 Å². The molecule has 4 N–H and O–H groups in total. The number of aromatic nitrogens is 4. The Hall–Kier alpha value is -3.94. The molecule has 5 rings (SSSR count). The number of carbonyl (C=O) groups is 1. The first kappa shape index (κ1) is 29.5. The summed E-state index contributed by atoms with van der Waals surface area (Å²) in [4.78, 5) is 32.6. The van der Waals surface area contributed by atoms with Gasteiger partial charge in [0.05, 0.1) is 18.5 Å². The van der Waals surface area contributed by atoms with Crippen molar-refractivity contribution in [3.63, 3.8) is 0 Å². The highest BCUT2D eigenvalue weighted by Gasteiger charge is 2.32. The Bertz CT molecular complexity index is 1590. The van der Waals surface area contributed by atoms with Crippen molar-refractivity contribution in [1.82, 2.24) is 25.1 Å². The number of phosphoric ester groups is 1. The highest BCUT2D eigenvalue weighted by Crippen LogP contribution is 2.45. The molecule has 0 radical (unpaired) electrons. The number of fused-ring (bicyclic) bond motifs is 1. The SMILES string of the molecule is COP(=O)(O)O[C@H]1CCCN1CCCOc1ccc2c(Nc3cc(CC(=O)Nc4cccc(F)c4)[nH]n3)ncnc2c1. The number of benzene rings is 2. The number of anilines is 3. The number of hydrogen-bond acceptors (Lipinski definition) is 10. The molecule has 2 atom stereocenters. The third-order valence-corrected chi connectivity index (χ3v) is 7.56. The number of halogens is 1. The zero-order valence-corrected chi connectivity index (χ0v) is 23.7. The Kier molecular flexibility index (Phi) is 9.40. The van der Waals surface area contributed by atoms with Gasteiger partial charge in [-0.25, -0.2) is 18.9 Å². The van der Waals surface area contributed by atoms with Crippen molar-refractivity contribution in [2.75, 3.05) is 37.4 Å². The minimum Gasteiger partial charge on any atom is -0.493 e. The lowest BCUT2D eigenvalue weighted by atomic mass is 10.2. The van der Waals surface area contributed by atoms with E-state index in [0.717, 1.165) is 25.5 Å². The van der Waals surface area contributed by atoms with Gasteiger partial charge in [0.1, 0.15) is 29.9 Å². The second kappa shape index (κ2) is 13.4. The van der Waals surface area contributed by atoms with Gasteiger partial charge in [-0.15, -0.1) is 0 Å². The third kappa shape index (κ3) is 7.87. The standard InChI is InChI=1S/C27H31FN7O6P/c1-39-42(37,38)41-26-7-3-10-35(26)11-4-12-40-21-8-9-22-23(16-21)29-17-30-27(22)32-24-14-20(33-34-24)15-25(36)31-19-6-2-5-18(28)13-19/h2,5-6,8-9,13-14,16-17,26H,3-4,7,10-12,15H2,1H3,(H,31,36)(H,37,38)(H2,29,30,32,33,34)/t26-/m0/s1. The molecule has 0 saturated carbocycles. The van der Waals surface area contributed by atoms with E-state index in [0.29, 0.717) is 60.3 Å². The topological polar surface area (TPSA) is 164 Å². The van der Waals surface area contributed by atoms with Crippen molar-refractivity contribution < 1.29 is 32.4 Å². The summed E-state index contributed by atoms with van der Waals surface area (Å²) < 4.78 is 40.8. The van der Waals surface area contributed by atoms with Crippen LogP contribution in [0.1, 0.15) is 25.0 Å². The fraction of sp³-hybridized carbons (Fsp3) is 0.333. The Morgan fingerprint density at radius 3 is 2.95 bits per heavy atom. The maximum atomic E-state index is 13.4. The van der Waals surface area contributed by atoms with Gasteiger partial charge >= 0.3 is 7.82 Å². The van der Waals surface area contributed by atoms with E-state index in [-0.39, 0.29) is 12.3 Å². The number of rotatable bonds is 13. The van der Waals surface area contributed by atoms with Gasteiger partial charge < -0.3 is 20.3 Å². The second-order valence-electron chi connectivity index (χ2n) is 9.63. The van der Waals surface area contributed by atoms with Crippen molar-refractivity contribution in [2.24, 2.45) is 0 Å². The van der Waals surface area contributed by atoms with Crippen LogP contribution in [0.2, 0.25) is 0 Å². The van der Waals surface area contributed by atoms with Crippen LogP contribution in [0.25, 0.3) is 10.9 Å². The maximum Gasteiger partial charge on any atom is 0.473 e. The molecule has 1 amide bonds. The lowest BCUT2D eigenvalue weighted by molar-refractivity contribution is -0.115. The predicted molar refractivity (Wildman–Crippen MR) is 153 cm³/mol. The highest BCUT2D eigenvalue weighted by atomic mass is 31.2. The van der Waals surface area contributed by atoms with Crippen molar-refractivity contribution in [2.45, 2.75) is 31.9 Å². The molecule has 42 heavy (non-hydrogen) atoms. The van der Waals surface area contributed by atoms with E-state index in [4.69, 9.17) is 9.26 Å². The van der Waals surface area contributed by atoms with Crippen LogP contribution in [0.5, 0.6) is 5.75 Å². The molecule has 0 aliphatic carbocycles. The van der Waals surface area contributed by atoms with E-state index in [2.05, 4.69) is 35.3 Å². The van der Waals surface area contributed by atoms with Crippen LogP contribution in [0.4, 0.5) is 21.7 Å². The summed E-state index contributed by atoms with van der Waals surface area (Å²) in [7, 11) is -2.89. The number of hydrogen-bond donors (Lipinski definition) is 4. The molecule has 4 aromatic rings. The highest BCUT2D eigenvalue weighted by molar-refractivity contribution is 7.47. The molecular weight excluding hydrogens is 568 g/mol. The summed E-state index contributed by atoms with van der Waals surface area (Å²) in [6, 6.07) is 12.9. The normalized spacial score (nSPS) is 16.8. The van der Waals surface area contributed by atoms with Gasteiger partial charge in [-0.2, -0.15) is 5.10 Å². The lowest BCUT2D eigenvalue weighted by Crippen LogP contribution is -2.32. The van der Waals surface area contributed by atoms with Gasteiger partial charge in [0, 0.05) is 49.1 Å². The average molecular weight is 600 g/mol.